The lowest BCUT2D eigenvalue weighted by atomic mass is 9.97. The SMILES string of the molecule is Cc1cc(C)cc(-c2ccc(OCCN(C)C)c(C(=O)/C=C/c3ccc(O)c(F)c3)c2)c1. The quantitative estimate of drug-likeness (QED) is 0.368. The van der Waals surface area contributed by atoms with Crippen LogP contribution in [0.25, 0.3) is 17.2 Å². The highest BCUT2D eigenvalue weighted by Crippen LogP contribution is 2.29. The van der Waals surface area contributed by atoms with E-state index in [0.29, 0.717) is 23.5 Å². The molecular formula is C27H28FNO3. The molecule has 0 radical (unpaired) electrons. The second kappa shape index (κ2) is 10.2. The van der Waals surface area contributed by atoms with E-state index in [-0.39, 0.29) is 5.78 Å². The van der Waals surface area contributed by atoms with Gasteiger partial charge in [0.25, 0.3) is 0 Å². The maximum Gasteiger partial charge on any atom is 0.189 e. The molecular weight excluding hydrogens is 405 g/mol. The lowest BCUT2D eigenvalue weighted by molar-refractivity contribution is 0.104. The molecule has 1 N–H and O–H groups in total. The van der Waals surface area contributed by atoms with Gasteiger partial charge in [0.05, 0.1) is 5.56 Å². The minimum Gasteiger partial charge on any atom is -0.505 e. The van der Waals surface area contributed by atoms with Gasteiger partial charge in [-0.25, -0.2) is 4.39 Å². The normalized spacial score (nSPS) is 11.3. The molecule has 4 nitrogen and oxygen atoms in total. The smallest absolute Gasteiger partial charge is 0.189 e. The van der Waals surface area contributed by atoms with Gasteiger partial charge in [0.2, 0.25) is 0 Å². The molecule has 0 bridgehead atoms. The summed E-state index contributed by atoms with van der Waals surface area (Å²) in [6.07, 6.45) is 2.92. The maximum absolute atomic E-state index is 13.6. The molecule has 0 atom stereocenters. The Bertz CT molecular complexity index is 1130. The Kier molecular flexibility index (Phi) is 7.44. The van der Waals surface area contributed by atoms with Gasteiger partial charge >= 0.3 is 0 Å². The number of ketones is 1. The number of hydrogen-bond acceptors (Lipinski definition) is 4. The summed E-state index contributed by atoms with van der Waals surface area (Å²) < 4.78 is 19.5. The molecule has 5 heteroatoms. The average molecular weight is 434 g/mol. The topological polar surface area (TPSA) is 49.8 Å². The first-order valence-electron chi connectivity index (χ1n) is 10.4. The first-order chi connectivity index (χ1) is 15.2. The molecule has 3 aromatic rings. The summed E-state index contributed by atoms with van der Waals surface area (Å²) in [4.78, 5) is 15.1. The molecule has 0 aliphatic rings. The molecule has 166 valence electrons. The maximum atomic E-state index is 13.6. The van der Waals surface area contributed by atoms with Crippen molar-refractivity contribution in [1.29, 1.82) is 0 Å². The molecule has 0 aromatic heterocycles. The zero-order valence-corrected chi connectivity index (χ0v) is 18.9. The van der Waals surface area contributed by atoms with Crippen LogP contribution in [0.15, 0.2) is 60.7 Å². The predicted octanol–water partition coefficient (Wildman–Crippen LogP) is 5.65. The van der Waals surface area contributed by atoms with Gasteiger partial charge in [-0.3, -0.25) is 4.79 Å². The minimum absolute atomic E-state index is 0.246. The number of carbonyl (C=O) groups is 1. The highest BCUT2D eigenvalue weighted by molar-refractivity contribution is 6.09. The van der Waals surface area contributed by atoms with Crippen LogP contribution in [-0.2, 0) is 0 Å². The number of rotatable bonds is 8. The summed E-state index contributed by atoms with van der Waals surface area (Å²) in [5, 5.41) is 9.35. The van der Waals surface area contributed by atoms with Gasteiger partial charge in [-0.2, -0.15) is 0 Å². The minimum atomic E-state index is -0.732. The fraction of sp³-hybridized carbons (Fsp3) is 0.222. The predicted molar refractivity (Wildman–Crippen MR) is 127 cm³/mol. The van der Waals surface area contributed by atoms with Crippen molar-refractivity contribution in [2.24, 2.45) is 0 Å². The van der Waals surface area contributed by atoms with Crippen molar-refractivity contribution in [3.63, 3.8) is 0 Å². The van der Waals surface area contributed by atoms with E-state index in [1.165, 1.54) is 24.3 Å². The van der Waals surface area contributed by atoms with Crippen LogP contribution in [0.1, 0.15) is 27.0 Å². The van der Waals surface area contributed by atoms with Crippen molar-refractivity contribution >= 4 is 11.9 Å². The third-order valence-corrected chi connectivity index (χ3v) is 5.00. The van der Waals surface area contributed by atoms with Gasteiger partial charge in [0, 0.05) is 6.54 Å². The van der Waals surface area contributed by atoms with Crippen LogP contribution in [-0.4, -0.2) is 43.0 Å². The van der Waals surface area contributed by atoms with Crippen LogP contribution >= 0.6 is 0 Å². The van der Waals surface area contributed by atoms with Crippen LogP contribution in [0.2, 0.25) is 0 Å². The Hall–Kier alpha value is -3.44. The fourth-order valence-corrected chi connectivity index (χ4v) is 3.40. The number of nitrogens with zero attached hydrogens (tertiary/aromatic N) is 1. The highest BCUT2D eigenvalue weighted by atomic mass is 19.1. The van der Waals surface area contributed by atoms with E-state index in [9.17, 15) is 14.3 Å². The Morgan fingerprint density at radius 2 is 1.72 bits per heavy atom. The number of phenols is 1. The zero-order valence-electron chi connectivity index (χ0n) is 18.9. The average Bonchev–Trinajstić information content (AvgIpc) is 2.73. The Labute approximate surface area is 188 Å². The van der Waals surface area contributed by atoms with E-state index in [2.05, 4.69) is 18.2 Å². The monoisotopic (exact) mass is 433 g/mol. The molecule has 3 rings (SSSR count). The number of benzene rings is 3. The van der Waals surface area contributed by atoms with Crippen molar-refractivity contribution in [2.45, 2.75) is 13.8 Å². The third kappa shape index (κ3) is 6.05. The molecule has 3 aromatic carbocycles. The van der Waals surface area contributed by atoms with Crippen LogP contribution in [0.5, 0.6) is 11.5 Å². The molecule has 0 spiro atoms. The Balaban J connectivity index is 1.95. The summed E-state index contributed by atoms with van der Waals surface area (Å²) in [6, 6.07) is 15.9. The van der Waals surface area contributed by atoms with Crippen molar-refractivity contribution in [2.75, 3.05) is 27.2 Å². The second-order valence-electron chi connectivity index (χ2n) is 8.15. The number of hydrogen-bond donors (Lipinski definition) is 1. The molecule has 0 saturated heterocycles. The van der Waals surface area contributed by atoms with E-state index in [0.717, 1.165) is 28.8 Å². The zero-order chi connectivity index (χ0) is 23.3. The number of halogens is 1. The molecule has 0 saturated carbocycles. The number of carbonyl (C=O) groups excluding carboxylic acids is 1. The van der Waals surface area contributed by atoms with Gasteiger partial charge in [-0.05, 0) is 75.0 Å². The van der Waals surface area contributed by atoms with E-state index in [4.69, 9.17) is 4.74 Å². The first-order valence-corrected chi connectivity index (χ1v) is 10.4. The largest absolute Gasteiger partial charge is 0.505 e. The van der Waals surface area contributed by atoms with E-state index in [1.54, 1.807) is 6.07 Å². The lowest BCUT2D eigenvalue weighted by Gasteiger charge is -2.14. The van der Waals surface area contributed by atoms with Crippen LogP contribution in [0.3, 0.4) is 0 Å². The highest BCUT2D eigenvalue weighted by Gasteiger charge is 2.13. The van der Waals surface area contributed by atoms with Gasteiger partial charge in [0.15, 0.2) is 17.3 Å². The number of aryl methyl sites for hydroxylation is 2. The van der Waals surface area contributed by atoms with Crippen molar-refractivity contribution in [3.8, 4) is 22.6 Å². The number of aromatic hydroxyl groups is 1. The van der Waals surface area contributed by atoms with Gasteiger partial charge in [-0.15, -0.1) is 0 Å². The summed E-state index contributed by atoms with van der Waals surface area (Å²) in [6.45, 7) is 5.25. The summed E-state index contributed by atoms with van der Waals surface area (Å²) >= 11 is 0. The molecule has 0 fully saturated rings. The molecule has 0 heterocycles. The van der Waals surface area contributed by atoms with E-state index >= 15 is 0 Å². The number of likely N-dealkylation sites (N-methyl/N-ethyl adjacent to an activating group) is 1. The number of allylic oxidation sites excluding steroid dienone is 1. The summed E-state index contributed by atoms with van der Waals surface area (Å²) in [5.74, 6) is -0.897. The summed E-state index contributed by atoms with van der Waals surface area (Å²) in [7, 11) is 3.91. The van der Waals surface area contributed by atoms with Gasteiger partial charge < -0.3 is 14.7 Å². The van der Waals surface area contributed by atoms with Crippen molar-refractivity contribution < 1.29 is 19.0 Å². The molecule has 0 aliphatic heterocycles. The molecule has 0 unspecified atom stereocenters. The molecule has 32 heavy (non-hydrogen) atoms. The molecule has 0 aliphatic carbocycles. The third-order valence-electron chi connectivity index (χ3n) is 5.00. The van der Waals surface area contributed by atoms with Crippen LogP contribution in [0, 0.1) is 19.7 Å². The van der Waals surface area contributed by atoms with Gasteiger partial charge in [-0.1, -0.05) is 47.5 Å². The second-order valence-corrected chi connectivity index (χ2v) is 8.15. The lowest BCUT2D eigenvalue weighted by Crippen LogP contribution is -2.20. The summed E-state index contributed by atoms with van der Waals surface area (Å²) in [5.41, 5.74) is 5.16. The fourth-order valence-electron chi connectivity index (χ4n) is 3.40. The van der Waals surface area contributed by atoms with Gasteiger partial charge in [0.1, 0.15) is 12.4 Å². The van der Waals surface area contributed by atoms with Crippen molar-refractivity contribution in [1.82, 2.24) is 4.90 Å². The van der Waals surface area contributed by atoms with Crippen LogP contribution in [0.4, 0.5) is 4.39 Å². The number of phenolic OH excluding ortho intramolecular Hbond substituents is 1. The van der Waals surface area contributed by atoms with Crippen LogP contribution < -0.4 is 4.74 Å². The van der Waals surface area contributed by atoms with E-state index in [1.807, 2.05) is 51.0 Å². The molecule has 0 amide bonds. The standard InChI is InChI=1S/C27H28FNO3/c1-18-13-19(2)15-22(14-18)21-7-10-27(32-12-11-29(3)4)23(17-21)25(30)8-5-20-6-9-26(31)24(28)16-20/h5-10,13-17,31H,11-12H2,1-4H3/b8-5+. The van der Waals surface area contributed by atoms with E-state index < -0.39 is 11.6 Å². The Morgan fingerprint density at radius 3 is 2.38 bits per heavy atom. The van der Waals surface area contributed by atoms with Crippen molar-refractivity contribution in [3.05, 3.63) is 88.7 Å². The first kappa shape index (κ1) is 23.2. The number of ether oxygens (including phenoxy) is 1. The Morgan fingerprint density at radius 1 is 1.00 bits per heavy atom.